The number of hydrogen-bond donors (Lipinski definition) is 1. The second-order valence-corrected chi connectivity index (χ2v) is 15.8. The van der Waals surface area contributed by atoms with Gasteiger partial charge in [0.25, 0.3) is 5.56 Å². The van der Waals surface area contributed by atoms with Gasteiger partial charge in [0.2, 0.25) is 0 Å². The molecule has 1 amide bonds. The average Bonchev–Trinajstić information content (AvgIpc) is 3.60. The summed E-state index contributed by atoms with van der Waals surface area (Å²) in [6.07, 6.45) is 6.28. The number of pyridine rings is 1. The Bertz CT molecular complexity index is 2350. The highest BCUT2D eigenvalue weighted by Gasteiger charge is 2.53. The summed E-state index contributed by atoms with van der Waals surface area (Å²) in [5, 5.41) is 4.12. The van der Waals surface area contributed by atoms with E-state index in [1.54, 1.807) is 4.90 Å². The Balaban J connectivity index is 1.12. The van der Waals surface area contributed by atoms with Gasteiger partial charge in [-0.15, -0.1) is 0 Å². The molecule has 10 rings (SSSR count). The van der Waals surface area contributed by atoms with Gasteiger partial charge in [-0.2, -0.15) is 19.7 Å². The fourth-order valence-electron chi connectivity index (χ4n) is 9.01. The summed E-state index contributed by atoms with van der Waals surface area (Å²) < 4.78 is 56.0. The molecule has 2 N–H and O–H groups in total. The first-order valence-corrected chi connectivity index (χ1v) is 18.4. The third-order valence-electron chi connectivity index (χ3n) is 11.7. The standard InChI is InChI=1S/C34H34F3N11O3S/c35-18-12-34(6-1-9-45(34)13-18)15-51-31-42-25-22(28(43-31)44-10-7-33(14-44)8-11-46(33)32(50)47-17-39-16-40-47)29(49)48(19-2-3-19)26(23(25)37)20-4-5-21(36)27-24(20)41-30(38)52-27/h4-5,16-19H,1-3,6-15H2,(H2,38,41)/t18-,33?,34+/m1/s1. The number of rotatable bonds is 6. The molecule has 5 fully saturated rings. The van der Waals surface area contributed by atoms with Gasteiger partial charge in [-0.05, 0) is 57.2 Å². The van der Waals surface area contributed by atoms with Gasteiger partial charge in [0, 0.05) is 44.2 Å². The van der Waals surface area contributed by atoms with Gasteiger partial charge in [-0.3, -0.25) is 9.69 Å². The van der Waals surface area contributed by atoms with Crippen LogP contribution in [0.3, 0.4) is 0 Å². The lowest BCUT2D eigenvalue weighted by atomic mass is 9.84. The van der Waals surface area contributed by atoms with Crippen molar-refractivity contribution in [1.82, 2.24) is 44.1 Å². The van der Waals surface area contributed by atoms with Crippen LogP contribution < -0.4 is 20.9 Å². The topological polar surface area (TPSA) is 153 Å². The van der Waals surface area contributed by atoms with Crippen molar-refractivity contribution in [1.29, 1.82) is 0 Å². The number of amides is 1. The maximum atomic E-state index is 17.4. The lowest BCUT2D eigenvalue weighted by molar-refractivity contribution is 0.0400. The zero-order chi connectivity index (χ0) is 35.5. The third kappa shape index (κ3) is 4.68. The molecule has 0 bridgehead atoms. The predicted molar refractivity (Wildman–Crippen MR) is 185 cm³/mol. The Hall–Kier alpha value is -4.84. The number of thiazole rings is 1. The van der Waals surface area contributed by atoms with Gasteiger partial charge in [-0.25, -0.2) is 27.9 Å². The molecule has 5 aliphatic rings. The number of ether oxygens (including phenoxy) is 1. The highest BCUT2D eigenvalue weighted by molar-refractivity contribution is 7.22. The molecule has 5 aromatic rings. The van der Waals surface area contributed by atoms with Gasteiger partial charge in [0.05, 0.1) is 27.0 Å². The van der Waals surface area contributed by atoms with Crippen molar-refractivity contribution >= 4 is 49.4 Å². The average molecular weight is 734 g/mol. The minimum Gasteiger partial charge on any atom is -0.461 e. The minimum atomic E-state index is -0.975. The highest BCUT2D eigenvalue weighted by Crippen LogP contribution is 2.46. The molecule has 1 saturated carbocycles. The number of benzene rings is 1. The summed E-state index contributed by atoms with van der Waals surface area (Å²) in [5.74, 6) is -1.13. The van der Waals surface area contributed by atoms with Crippen molar-refractivity contribution in [3.05, 3.63) is 46.8 Å². The molecule has 8 heterocycles. The number of fused-ring (bicyclic) bond motifs is 3. The molecule has 4 aromatic heterocycles. The van der Waals surface area contributed by atoms with Crippen molar-refractivity contribution in [2.24, 2.45) is 0 Å². The van der Waals surface area contributed by atoms with Crippen LogP contribution in [0, 0.1) is 11.6 Å². The Morgan fingerprint density at radius 2 is 1.92 bits per heavy atom. The SMILES string of the molecule is Nc1nc2c(-c3c(F)c4nc(OC[C@@]56CCCN5C[C@H](F)C6)nc(N5CCC6(CCN6C(=O)n6cncn6)C5)c4c(=O)n3C3CC3)ccc(F)c2s1. The maximum Gasteiger partial charge on any atom is 0.346 e. The fraction of sp³-hybridized carbons (Fsp3) is 0.500. The molecule has 1 aromatic carbocycles. The number of halogens is 3. The quantitative estimate of drug-likeness (QED) is 0.268. The molecule has 4 aliphatic heterocycles. The molecular weight excluding hydrogens is 700 g/mol. The minimum absolute atomic E-state index is 0.00693. The van der Waals surface area contributed by atoms with Crippen molar-refractivity contribution in [3.8, 4) is 17.3 Å². The Morgan fingerprint density at radius 1 is 1.08 bits per heavy atom. The van der Waals surface area contributed by atoms with E-state index in [0.717, 1.165) is 37.1 Å². The largest absolute Gasteiger partial charge is 0.461 e. The van der Waals surface area contributed by atoms with Crippen LogP contribution >= 0.6 is 11.3 Å². The Morgan fingerprint density at radius 3 is 2.69 bits per heavy atom. The number of anilines is 2. The van der Waals surface area contributed by atoms with E-state index < -0.39 is 34.4 Å². The second-order valence-electron chi connectivity index (χ2n) is 14.7. The summed E-state index contributed by atoms with van der Waals surface area (Å²) in [4.78, 5) is 51.5. The van der Waals surface area contributed by atoms with Crippen LogP contribution in [-0.2, 0) is 0 Å². The number of nitrogens with two attached hydrogens (primary N) is 1. The van der Waals surface area contributed by atoms with Crippen molar-refractivity contribution in [2.45, 2.75) is 68.2 Å². The number of aromatic nitrogens is 7. The number of hydrogen-bond acceptors (Lipinski definition) is 12. The first-order chi connectivity index (χ1) is 25.1. The molecule has 1 aliphatic carbocycles. The van der Waals surface area contributed by atoms with E-state index in [1.807, 2.05) is 4.90 Å². The van der Waals surface area contributed by atoms with Gasteiger partial charge in [0.1, 0.15) is 48.0 Å². The number of nitrogen functional groups attached to an aromatic ring is 1. The molecule has 0 radical (unpaired) electrons. The molecule has 4 saturated heterocycles. The Kier molecular flexibility index (Phi) is 6.94. The number of nitrogens with zero attached hydrogens (tertiary/aromatic N) is 10. The fourth-order valence-corrected chi connectivity index (χ4v) is 9.77. The predicted octanol–water partition coefficient (Wildman–Crippen LogP) is 4.13. The van der Waals surface area contributed by atoms with Gasteiger partial charge < -0.3 is 24.8 Å². The second kappa shape index (κ2) is 11.3. The van der Waals surface area contributed by atoms with Crippen LogP contribution in [0.2, 0.25) is 0 Å². The zero-order valence-electron chi connectivity index (χ0n) is 28.0. The normalized spacial score (nSPS) is 25.9. The van der Waals surface area contributed by atoms with Crippen LogP contribution in [-0.4, -0.2) is 107 Å². The van der Waals surface area contributed by atoms with E-state index in [2.05, 4.69) is 25.0 Å². The summed E-state index contributed by atoms with van der Waals surface area (Å²) in [5.41, 5.74) is 4.52. The number of carbonyl (C=O) groups is 1. The molecule has 270 valence electrons. The van der Waals surface area contributed by atoms with Crippen molar-refractivity contribution in [2.75, 3.05) is 50.0 Å². The molecule has 18 heteroatoms. The summed E-state index contributed by atoms with van der Waals surface area (Å²) >= 11 is 0.949. The molecule has 1 unspecified atom stereocenters. The molecule has 1 spiro atoms. The highest BCUT2D eigenvalue weighted by atomic mass is 32.1. The van der Waals surface area contributed by atoms with E-state index in [9.17, 15) is 18.4 Å². The van der Waals surface area contributed by atoms with E-state index in [1.165, 1.54) is 34.0 Å². The summed E-state index contributed by atoms with van der Waals surface area (Å²) in [6.45, 7) is 2.49. The molecular formula is C34H34F3N11O3S. The van der Waals surface area contributed by atoms with Crippen molar-refractivity contribution in [3.63, 3.8) is 0 Å². The summed E-state index contributed by atoms with van der Waals surface area (Å²) in [6, 6.07) is 1.91. The van der Waals surface area contributed by atoms with Crippen LogP contribution in [0.25, 0.3) is 32.4 Å². The van der Waals surface area contributed by atoms with Gasteiger partial charge >= 0.3 is 12.0 Å². The smallest absolute Gasteiger partial charge is 0.346 e. The molecule has 52 heavy (non-hydrogen) atoms. The van der Waals surface area contributed by atoms with Gasteiger partial charge in [-0.1, -0.05) is 11.3 Å². The van der Waals surface area contributed by atoms with Crippen LogP contribution in [0.15, 0.2) is 29.6 Å². The first-order valence-electron chi connectivity index (χ1n) is 17.6. The van der Waals surface area contributed by atoms with E-state index in [4.69, 9.17) is 15.5 Å². The van der Waals surface area contributed by atoms with E-state index in [0.29, 0.717) is 51.9 Å². The Labute approximate surface area is 298 Å². The molecule has 14 nitrogen and oxygen atoms in total. The van der Waals surface area contributed by atoms with Crippen LogP contribution in [0.1, 0.15) is 51.0 Å². The van der Waals surface area contributed by atoms with Gasteiger partial charge in [0.15, 0.2) is 10.9 Å². The maximum absolute atomic E-state index is 17.4. The van der Waals surface area contributed by atoms with Crippen LogP contribution in [0.4, 0.5) is 28.9 Å². The lowest BCUT2D eigenvalue weighted by Crippen LogP contribution is -2.64. The zero-order valence-corrected chi connectivity index (χ0v) is 28.8. The van der Waals surface area contributed by atoms with Crippen LogP contribution in [0.5, 0.6) is 6.01 Å². The third-order valence-corrected chi connectivity index (χ3v) is 12.6. The number of likely N-dealkylation sites (tertiary alicyclic amines) is 1. The first kappa shape index (κ1) is 31.9. The monoisotopic (exact) mass is 733 g/mol. The van der Waals surface area contributed by atoms with E-state index >= 15 is 4.39 Å². The lowest BCUT2D eigenvalue weighted by Gasteiger charge is -2.50. The summed E-state index contributed by atoms with van der Waals surface area (Å²) in [7, 11) is 0. The number of alkyl halides is 1. The number of carbonyl (C=O) groups excluding carboxylic acids is 1. The van der Waals surface area contributed by atoms with E-state index in [-0.39, 0.29) is 68.0 Å². The molecule has 3 atom stereocenters. The van der Waals surface area contributed by atoms with Crippen molar-refractivity contribution < 1.29 is 22.7 Å².